The maximum absolute atomic E-state index is 12.5. The minimum Gasteiger partial charge on any atom is -0.507 e. The lowest BCUT2D eigenvalue weighted by Gasteiger charge is -2.12. The molecule has 0 aliphatic carbocycles. The highest BCUT2D eigenvalue weighted by Crippen LogP contribution is 2.40. The first-order valence-electron chi connectivity index (χ1n) is 4.24. The largest absolute Gasteiger partial charge is 0.507 e. The van der Waals surface area contributed by atoms with Gasteiger partial charge in [0.1, 0.15) is 11.3 Å². The number of non-ortho nitro benzene ring substituents is 1. The second kappa shape index (κ2) is 4.04. The maximum Gasteiger partial charge on any atom is 0.420 e. The molecule has 0 aromatic heterocycles. The lowest BCUT2D eigenvalue weighted by Crippen LogP contribution is -2.12. The lowest BCUT2D eigenvalue weighted by molar-refractivity contribution is -0.385. The highest BCUT2D eigenvalue weighted by molar-refractivity contribution is 5.97. The number of rotatable bonds is 2. The van der Waals surface area contributed by atoms with Crippen molar-refractivity contribution < 1.29 is 28.0 Å². The molecule has 0 saturated heterocycles. The maximum atomic E-state index is 12.5. The van der Waals surface area contributed by atoms with Crippen LogP contribution in [0.2, 0.25) is 0 Å². The highest BCUT2D eigenvalue weighted by atomic mass is 19.4. The summed E-state index contributed by atoms with van der Waals surface area (Å²) in [6, 6.07) is 0.847. The van der Waals surface area contributed by atoms with Gasteiger partial charge in [-0.2, -0.15) is 13.2 Å². The number of nitro benzene ring substituents is 1. The highest BCUT2D eigenvalue weighted by Gasteiger charge is 2.39. The number of alkyl halides is 3. The molecule has 0 bridgehead atoms. The monoisotopic (exact) mass is 249 g/mol. The topological polar surface area (TPSA) is 80.4 Å². The summed E-state index contributed by atoms with van der Waals surface area (Å²) < 4.78 is 37.6. The molecule has 5 nitrogen and oxygen atoms in total. The van der Waals surface area contributed by atoms with Gasteiger partial charge in [-0.05, 0) is 6.92 Å². The number of Topliss-reactive ketones (excluding diaryl/α,β-unsaturated/α-hetero) is 1. The smallest absolute Gasteiger partial charge is 0.420 e. The molecule has 1 aromatic carbocycles. The van der Waals surface area contributed by atoms with Crippen LogP contribution in [0.25, 0.3) is 0 Å². The fraction of sp³-hybridized carbons (Fsp3) is 0.222. The zero-order valence-electron chi connectivity index (χ0n) is 8.41. The molecule has 0 aliphatic rings. The number of benzene rings is 1. The van der Waals surface area contributed by atoms with Gasteiger partial charge in [-0.3, -0.25) is 14.9 Å². The third kappa shape index (κ3) is 2.52. The summed E-state index contributed by atoms with van der Waals surface area (Å²) in [6.45, 7) is 0.827. The summed E-state index contributed by atoms with van der Waals surface area (Å²) in [5.74, 6) is -2.35. The normalized spacial score (nSPS) is 11.3. The van der Waals surface area contributed by atoms with E-state index in [9.17, 15) is 28.1 Å². The SMILES string of the molecule is CC(=O)c1cc([N+](=O)[O-])cc(O)c1C(F)(F)F. The minimum atomic E-state index is -4.96. The summed E-state index contributed by atoms with van der Waals surface area (Å²) in [5.41, 5.74) is -3.26. The summed E-state index contributed by atoms with van der Waals surface area (Å²) in [4.78, 5) is 20.4. The van der Waals surface area contributed by atoms with E-state index in [2.05, 4.69) is 0 Å². The molecule has 0 fully saturated rings. The van der Waals surface area contributed by atoms with E-state index in [4.69, 9.17) is 5.11 Å². The molecular weight excluding hydrogens is 243 g/mol. The second-order valence-electron chi connectivity index (χ2n) is 3.20. The van der Waals surface area contributed by atoms with Crippen molar-refractivity contribution in [1.82, 2.24) is 0 Å². The van der Waals surface area contributed by atoms with Gasteiger partial charge in [-0.1, -0.05) is 0 Å². The molecule has 0 unspecified atom stereocenters. The molecule has 8 heteroatoms. The summed E-state index contributed by atoms with van der Waals surface area (Å²) in [5, 5.41) is 19.5. The van der Waals surface area contributed by atoms with Crippen LogP contribution in [0.1, 0.15) is 22.8 Å². The average Bonchev–Trinajstić information content (AvgIpc) is 2.13. The van der Waals surface area contributed by atoms with E-state index < -0.39 is 39.4 Å². The fourth-order valence-electron chi connectivity index (χ4n) is 1.29. The first kappa shape index (κ1) is 12.9. The van der Waals surface area contributed by atoms with E-state index in [1.807, 2.05) is 0 Å². The Morgan fingerprint density at radius 3 is 2.29 bits per heavy atom. The summed E-state index contributed by atoms with van der Waals surface area (Å²) in [6.07, 6.45) is -4.96. The number of nitro groups is 1. The van der Waals surface area contributed by atoms with Gasteiger partial charge in [0.25, 0.3) is 5.69 Å². The first-order chi connectivity index (χ1) is 7.64. The number of ketones is 1. The zero-order valence-corrected chi connectivity index (χ0v) is 8.41. The first-order valence-corrected chi connectivity index (χ1v) is 4.24. The van der Waals surface area contributed by atoms with E-state index in [1.54, 1.807) is 0 Å². The number of halogens is 3. The zero-order chi connectivity index (χ0) is 13.4. The van der Waals surface area contributed by atoms with Gasteiger partial charge in [0.15, 0.2) is 5.78 Å². The number of nitrogens with zero attached hydrogens (tertiary/aromatic N) is 1. The van der Waals surface area contributed by atoms with Crippen molar-refractivity contribution in [3.63, 3.8) is 0 Å². The molecule has 1 N–H and O–H groups in total. The van der Waals surface area contributed by atoms with Gasteiger partial charge in [0, 0.05) is 11.6 Å². The fourth-order valence-corrected chi connectivity index (χ4v) is 1.29. The Bertz CT molecular complexity index is 496. The van der Waals surface area contributed by atoms with Gasteiger partial charge in [0.2, 0.25) is 0 Å². The van der Waals surface area contributed by atoms with Crippen LogP contribution in [-0.2, 0) is 6.18 Å². The Labute approximate surface area is 92.6 Å². The number of phenols is 1. The molecule has 0 heterocycles. The van der Waals surface area contributed by atoms with Crippen LogP contribution in [0, 0.1) is 10.1 Å². The number of aromatic hydroxyl groups is 1. The van der Waals surface area contributed by atoms with Crippen molar-refractivity contribution in [1.29, 1.82) is 0 Å². The van der Waals surface area contributed by atoms with Crippen molar-refractivity contribution in [3.05, 3.63) is 33.4 Å². The van der Waals surface area contributed by atoms with Gasteiger partial charge in [-0.25, -0.2) is 0 Å². The predicted octanol–water partition coefficient (Wildman–Crippen LogP) is 2.52. The van der Waals surface area contributed by atoms with Crippen LogP contribution in [-0.4, -0.2) is 15.8 Å². The Morgan fingerprint density at radius 2 is 1.94 bits per heavy atom. The van der Waals surface area contributed by atoms with Crippen molar-refractivity contribution in [3.8, 4) is 5.75 Å². The Morgan fingerprint density at radius 1 is 1.41 bits per heavy atom. The second-order valence-corrected chi connectivity index (χ2v) is 3.20. The standard InChI is InChI=1S/C9H6F3NO4/c1-4(14)6-2-5(13(16)17)3-7(15)8(6)9(10,11)12/h2-3,15H,1H3. The number of carbonyl (C=O) groups is 1. The Hall–Kier alpha value is -2.12. The Balaban J connectivity index is 3.61. The average molecular weight is 249 g/mol. The van der Waals surface area contributed by atoms with Crippen molar-refractivity contribution in [2.75, 3.05) is 0 Å². The molecule has 17 heavy (non-hydrogen) atoms. The molecule has 0 aliphatic heterocycles. The van der Waals surface area contributed by atoms with E-state index in [1.165, 1.54) is 0 Å². The third-order valence-electron chi connectivity index (χ3n) is 1.98. The quantitative estimate of drug-likeness (QED) is 0.496. The number of carbonyl (C=O) groups excluding carboxylic acids is 1. The molecule has 92 valence electrons. The molecule has 1 aromatic rings. The van der Waals surface area contributed by atoms with Crippen molar-refractivity contribution >= 4 is 11.5 Å². The molecule has 1 rings (SSSR count). The number of hydrogen-bond donors (Lipinski definition) is 1. The van der Waals surface area contributed by atoms with Crippen LogP contribution in [0.15, 0.2) is 12.1 Å². The van der Waals surface area contributed by atoms with Crippen LogP contribution >= 0.6 is 0 Å². The Kier molecular flexibility index (Phi) is 3.08. The molecule has 0 radical (unpaired) electrons. The van der Waals surface area contributed by atoms with Gasteiger partial charge in [0.05, 0.1) is 11.0 Å². The number of phenolic OH excluding ortho intramolecular Hbond substituents is 1. The molecule has 0 spiro atoms. The molecular formula is C9H6F3NO4. The lowest BCUT2D eigenvalue weighted by atomic mass is 10.0. The van der Waals surface area contributed by atoms with E-state index in [0.29, 0.717) is 12.1 Å². The van der Waals surface area contributed by atoms with Crippen LogP contribution in [0.4, 0.5) is 18.9 Å². The van der Waals surface area contributed by atoms with Crippen molar-refractivity contribution in [2.24, 2.45) is 0 Å². The predicted molar refractivity (Wildman–Crippen MR) is 49.8 cm³/mol. The van der Waals surface area contributed by atoms with Crippen LogP contribution in [0.5, 0.6) is 5.75 Å². The van der Waals surface area contributed by atoms with Crippen LogP contribution in [0.3, 0.4) is 0 Å². The van der Waals surface area contributed by atoms with Gasteiger partial charge in [-0.15, -0.1) is 0 Å². The molecule has 0 amide bonds. The van der Waals surface area contributed by atoms with Crippen LogP contribution < -0.4 is 0 Å². The third-order valence-corrected chi connectivity index (χ3v) is 1.98. The number of hydrogen-bond acceptors (Lipinski definition) is 4. The van der Waals surface area contributed by atoms with Gasteiger partial charge < -0.3 is 5.11 Å². The summed E-state index contributed by atoms with van der Waals surface area (Å²) in [7, 11) is 0. The van der Waals surface area contributed by atoms with E-state index in [-0.39, 0.29) is 0 Å². The van der Waals surface area contributed by atoms with Gasteiger partial charge >= 0.3 is 6.18 Å². The molecule has 0 atom stereocenters. The molecule has 0 saturated carbocycles. The summed E-state index contributed by atoms with van der Waals surface area (Å²) >= 11 is 0. The van der Waals surface area contributed by atoms with Crippen molar-refractivity contribution in [2.45, 2.75) is 13.1 Å². The van der Waals surface area contributed by atoms with E-state index >= 15 is 0 Å². The minimum absolute atomic E-state index is 0.356. The van der Waals surface area contributed by atoms with E-state index in [0.717, 1.165) is 6.92 Å².